The summed E-state index contributed by atoms with van der Waals surface area (Å²) in [6.45, 7) is 16.3. The number of hydrogen-bond acceptors (Lipinski definition) is 15. The molecule has 5 amide bonds. The van der Waals surface area contributed by atoms with Gasteiger partial charge < -0.3 is 59.3 Å². The molecule has 0 aromatic carbocycles. The summed E-state index contributed by atoms with van der Waals surface area (Å²) < 4.78 is 47.0. The molecule has 0 radical (unpaired) electrons. The lowest BCUT2D eigenvalue weighted by molar-refractivity contribution is -0.358. The first-order valence-electron chi connectivity index (χ1n) is 29.4. The van der Waals surface area contributed by atoms with Crippen LogP contribution in [0.15, 0.2) is 36.5 Å². The number of nitrogens with one attached hydrogen (secondary N) is 3. The van der Waals surface area contributed by atoms with Gasteiger partial charge in [-0.05, 0) is 106 Å². The standard InChI is InChI=1S/C59H88N4O15/c1-31(2)52(62-49(66)11-9-8-10-22-63-50(67)16-17-51(63)68)58(70)61-35(6)57(69)60-30-38(65)28-48-54(72-7)42-27-37(64)26-40-13-15-45-56(75-40)55-43-25-36(53(43)77-45)18-20-59(71,78-55)21-19-41-24-33(4)44(73-41)14-12-39-23-32(3)34(5)46(74-39)29-47(42)76-48/h16-17,31-32,35-36,38-48,52-56,65,71H,4-5,8-15,18-30H2,1-3,6-7H3,(H,60,69)(H,61,70)(H,62,66)/t32-,35+,36-,38+,39+,40-,41+,42+,43-,44+,45+,46-,47+,48-,52+,53?,54-,55-,56+,59-/m1/s1. The second-order valence-corrected chi connectivity index (χ2v) is 24.7. The highest BCUT2D eigenvalue weighted by atomic mass is 16.7. The minimum atomic E-state index is -1.33. The molecule has 9 heterocycles. The lowest BCUT2D eigenvalue weighted by Gasteiger charge is -2.60. The van der Waals surface area contributed by atoms with Crippen LogP contribution in [0.2, 0.25) is 0 Å². The highest BCUT2D eigenvalue weighted by Gasteiger charge is 2.60. The molecule has 9 aliphatic heterocycles. The van der Waals surface area contributed by atoms with E-state index in [1.807, 2.05) is 0 Å². The Hall–Kier alpha value is -3.92. The average Bonchev–Trinajstić information content (AvgIpc) is 4.06. The SMILES string of the molecule is C=C1C[C@@H]2CC[C@@]3(O)CC[C@@H]4C[C@@H]5C4O[C@H]4CC[C@H](CC(=O)C[C@@H]6[C@@H](OC)[C@@H](C[C@H](O)CNC(=O)[C@H](C)NC(=O)[C@@H](NC(=O)CCCCCN7C(=O)C=CC7=O)C(C)C)O[C@H]6C[C@H]6O[C@@H](CC[C@@H]1O2)C[C@@H](C)C6=C)O[C@@H]4[C@@H]5O3. The predicted molar refractivity (Wildman–Crippen MR) is 284 cm³/mol. The average molecular weight is 1090 g/mol. The van der Waals surface area contributed by atoms with Gasteiger partial charge in [0.2, 0.25) is 17.7 Å². The minimum Gasteiger partial charge on any atom is -0.391 e. The van der Waals surface area contributed by atoms with Gasteiger partial charge in [-0.15, -0.1) is 0 Å². The Morgan fingerprint density at radius 1 is 0.769 bits per heavy atom. The van der Waals surface area contributed by atoms with Crippen molar-refractivity contribution in [1.82, 2.24) is 20.9 Å². The third-order valence-electron chi connectivity index (χ3n) is 18.7. The summed E-state index contributed by atoms with van der Waals surface area (Å²) in [4.78, 5) is 79.0. The minimum absolute atomic E-state index is 0.00414. The molecule has 10 aliphatic rings. The lowest BCUT2D eigenvalue weighted by atomic mass is 9.62. The van der Waals surface area contributed by atoms with Crippen molar-refractivity contribution in [1.29, 1.82) is 0 Å². The number of nitrogens with zero attached hydrogens (tertiary/aromatic N) is 1. The van der Waals surface area contributed by atoms with Crippen LogP contribution in [-0.4, -0.2) is 168 Å². The molecule has 19 heteroatoms. The molecule has 1 saturated carbocycles. The van der Waals surface area contributed by atoms with Crippen LogP contribution in [0.5, 0.6) is 0 Å². The summed E-state index contributed by atoms with van der Waals surface area (Å²) in [6.07, 6.45) is 8.29. The van der Waals surface area contributed by atoms with E-state index in [2.05, 4.69) is 36.0 Å². The van der Waals surface area contributed by atoms with E-state index >= 15 is 0 Å². The maximum Gasteiger partial charge on any atom is 0.253 e. The number of rotatable bonds is 16. The number of aliphatic hydroxyl groups excluding tert-OH is 1. The van der Waals surface area contributed by atoms with E-state index in [1.165, 1.54) is 19.1 Å². The summed E-state index contributed by atoms with van der Waals surface area (Å²) in [6, 6.07) is -1.91. The van der Waals surface area contributed by atoms with Gasteiger partial charge in [-0.25, -0.2) is 0 Å². The van der Waals surface area contributed by atoms with Gasteiger partial charge in [0.05, 0.1) is 73.2 Å². The van der Waals surface area contributed by atoms with Crippen molar-refractivity contribution in [3.8, 4) is 0 Å². The maximum absolute atomic E-state index is 14.5. The highest BCUT2D eigenvalue weighted by Crippen LogP contribution is 2.54. The van der Waals surface area contributed by atoms with E-state index in [0.29, 0.717) is 57.3 Å². The quantitative estimate of drug-likeness (QED) is 0.0807. The Morgan fingerprint density at radius 3 is 2.26 bits per heavy atom. The molecule has 9 fully saturated rings. The number of ether oxygens (including phenoxy) is 7. The van der Waals surface area contributed by atoms with Crippen LogP contribution in [0.3, 0.4) is 0 Å². The third-order valence-corrected chi connectivity index (χ3v) is 18.7. The number of carbonyl (C=O) groups excluding carboxylic acids is 6. The number of imide groups is 1. The van der Waals surface area contributed by atoms with Crippen LogP contribution in [0, 0.1) is 29.6 Å². The van der Waals surface area contributed by atoms with Gasteiger partial charge in [-0.2, -0.15) is 0 Å². The largest absolute Gasteiger partial charge is 0.391 e. The number of fused-ring (bicyclic) bond motifs is 7. The number of ketones is 1. The van der Waals surface area contributed by atoms with Crippen molar-refractivity contribution in [2.75, 3.05) is 20.2 Å². The number of unbranched alkanes of at least 4 members (excludes halogenated alkanes) is 2. The fraction of sp³-hybridized carbons (Fsp3) is 0.797. The normalized spacial score (nSPS) is 39.1. The van der Waals surface area contributed by atoms with Crippen LogP contribution in [0.4, 0.5) is 0 Å². The van der Waals surface area contributed by atoms with Gasteiger partial charge in [-0.3, -0.25) is 33.7 Å². The van der Waals surface area contributed by atoms with Crippen molar-refractivity contribution >= 4 is 35.3 Å². The third kappa shape index (κ3) is 13.7. The Bertz CT molecular complexity index is 2240. The number of aliphatic hydroxyl groups is 2. The zero-order valence-electron chi connectivity index (χ0n) is 46.6. The maximum atomic E-state index is 14.5. The van der Waals surface area contributed by atoms with Gasteiger partial charge in [0.1, 0.15) is 24.0 Å². The zero-order chi connectivity index (χ0) is 55.6. The van der Waals surface area contributed by atoms with Gasteiger partial charge in [0.25, 0.3) is 11.8 Å². The fourth-order valence-corrected chi connectivity index (χ4v) is 14.1. The molecule has 20 atom stereocenters. The molecule has 434 valence electrons. The summed E-state index contributed by atoms with van der Waals surface area (Å²) in [5, 5.41) is 32.0. The highest BCUT2D eigenvalue weighted by molar-refractivity contribution is 6.12. The number of carbonyl (C=O) groups is 6. The van der Waals surface area contributed by atoms with Crippen molar-refractivity contribution < 1.29 is 72.1 Å². The summed E-state index contributed by atoms with van der Waals surface area (Å²) in [5.41, 5.74) is 2.03. The molecule has 0 aromatic rings. The number of methoxy groups -OCH3 is 1. The molecule has 1 aliphatic carbocycles. The van der Waals surface area contributed by atoms with Crippen molar-refractivity contribution in [2.24, 2.45) is 29.6 Å². The zero-order valence-corrected chi connectivity index (χ0v) is 46.6. The van der Waals surface area contributed by atoms with E-state index in [0.717, 1.165) is 61.0 Å². The number of amides is 5. The second-order valence-electron chi connectivity index (χ2n) is 24.7. The molecule has 78 heavy (non-hydrogen) atoms. The van der Waals surface area contributed by atoms with Crippen LogP contribution >= 0.6 is 0 Å². The van der Waals surface area contributed by atoms with E-state index in [-0.39, 0.29) is 129 Å². The summed E-state index contributed by atoms with van der Waals surface area (Å²) in [7, 11) is 1.59. The van der Waals surface area contributed by atoms with E-state index in [9.17, 15) is 39.0 Å². The smallest absolute Gasteiger partial charge is 0.253 e. The van der Waals surface area contributed by atoms with E-state index in [1.54, 1.807) is 21.0 Å². The fourth-order valence-electron chi connectivity index (χ4n) is 14.1. The summed E-state index contributed by atoms with van der Waals surface area (Å²) >= 11 is 0. The molecule has 19 nitrogen and oxygen atoms in total. The van der Waals surface area contributed by atoms with Gasteiger partial charge >= 0.3 is 0 Å². The van der Waals surface area contributed by atoms with Crippen LogP contribution in [-0.2, 0) is 61.9 Å². The predicted octanol–water partition coefficient (Wildman–Crippen LogP) is 4.58. The topological polar surface area (TPSA) is 247 Å². The Morgan fingerprint density at radius 2 is 1.50 bits per heavy atom. The molecule has 11 bridgehead atoms. The number of Topliss-reactive ketones (excluding diaryl/α,β-unsaturated/α-hetero) is 1. The lowest BCUT2D eigenvalue weighted by Crippen LogP contribution is -2.68. The molecule has 0 aromatic heterocycles. The van der Waals surface area contributed by atoms with Gasteiger partial charge in [0, 0.05) is 89.1 Å². The van der Waals surface area contributed by atoms with E-state index < -0.39 is 66.1 Å². The van der Waals surface area contributed by atoms with Crippen LogP contribution in [0.25, 0.3) is 0 Å². The second kappa shape index (κ2) is 25.5. The monoisotopic (exact) mass is 1090 g/mol. The molecule has 5 N–H and O–H groups in total. The van der Waals surface area contributed by atoms with Gasteiger partial charge in [0.15, 0.2) is 5.79 Å². The molecule has 1 unspecified atom stereocenters. The van der Waals surface area contributed by atoms with Crippen LogP contribution < -0.4 is 16.0 Å². The first-order chi connectivity index (χ1) is 37.3. The molecule has 10 rings (SSSR count). The van der Waals surface area contributed by atoms with E-state index in [4.69, 9.17) is 33.2 Å². The molecule has 0 spiro atoms. The Labute approximate surface area is 460 Å². The van der Waals surface area contributed by atoms with Gasteiger partial charge in [-0.1, -0.05) is 40.3 Å². The van der Waals surface area contributed by atoms with Crippen molar-refractivity contribution in [3.63, 3.8) is 0 Å². The molecule has 8 saturated heterocycles. The Kier molecular flexibility index (Phi) is 19.2. The molecular formula is C59H88N4O15. The van der Waals surface area contributed by atoms with Crippen LogP contribution in [0.1, 0.15) is 150 Å². The number of hydrogen-bond donors (Lipinski definition) is 5. The van der Waals surface area contributed by atoms with Crippen molar-refractivity contribution in [3.05, 3.63) is 36.5 Å². The summed E-state index contributed by atoms with van der Waals surface area (Å²) in [5.74, 6) is -3.44. The first kappa shape index (κ1) is 58.7. The Balaban J connectivity index is 0.822. The van der Waals surface area contributed by atoms with Crippen molar-refractivity contribution in [2.45, 2.75) is 247 Å². The molecular weight excluding hydrogens is 1000 g/mol. The first-order valence-corrected chi connectivity index (χ1v) is 29.4.